The summed E-state index contributed by atoms with van der Waals surface area (Å²) in [4.78, 5) is 12.0. The molecule has 3 heteroatoms. The van der Waals surface area contributed by atoms with Crippen LogP contribution in [0.4, 0.5) is 0 Å². The first-order valence-electron chi connectivity index (χ1n) is 6.08. The minimum Gasteiger partial charge on any atom is -0.378 e. The van der Waals surface area contributed by atoms with E-state index in [2.05, 4.69) is 15.9 Å². The van der Waals surface area contributed by atoms with Crippen molar-refractivity contribution in [1.82, 2.24) is 0 Å². The van der Waals surface area contributed by atoms with Crippen molar-refractivity contribution in [2.24, 2.45) is 0 Å². The van der Waals surface area contributed by atoms with Crippen LogP contribution in [-0.4, -0.2) is 18.5 Å². The molecule has 0 saturated carbocycles. The summed E-state index contributed by atoms with van der Waals surface area (Å²) < 4.78 is 6.42. The van der Waals surface area contributed by atoms with Gasteiger partial charge < -0.3 is 4.74 Å². The minimum atomic E-state index is 0.201. The molecular formula is C14H17BrO2. The fraction of sp³-hybridized carbons (Fsp3) is 0.500. The molecule has 1 heterocycles. The molecule has 1 aromatic carbocycles. The lowest BCUT2D eigenvalue weighted by atomic mass is 10.0. The zero-order chi connectivity index (χ0) is 12.3. The molecule has 0 aliphatic carbocycles. The van der Waals surface area contributed by atoms with E-state index in [1.54, 1.807) is 0 Å². The quantitative estimate of drug-likeness (QED) is 0.788. The van der Waals surface area contributed by atoms with Gasteiger partial charge >= 0.3 is 0 Å². The molecule has 2 nitrogen and oxygen atoms in total. The van der Waals surface area contributed by atoms with Crippen molar-refractivity contribution < 1.29 is 9.53 Å². The van der Waals surface area contributed by atoms with Crippen LogP contribution in [0.3, 0.4) is 0 Å². The number of Topliss-reactive ketones (excluding diaryl/α,β-unsaturated/α-hetero) is 1. The average molecular weight is 297 g/mol. The van der Waals surface area contributed by atoms with Gasteiger partial charge in [0, 0.05) is 23.1 Å². The summed E-state index contributed by atoms with van der Waals surface area (Å²) in [5.74, 6) is 0.201. The van der Waals surface area contributed by atoms with Gasteiger partial charge in [0.15, 0.2) is 5.78 Å². The van der Waals surface area contributed by atoms with Crippen LogP contribution in [0.5, 0.6) is 0 Å². The minimum absolute atomic E-state index is 0.201. The smallest absolute Gasteiger partial charge is 0.164 e. The van der Waals surface area contributed by atoms with E-state index in [0.717, 1.165) is 41.5 Å². The Balaban J connectivity index is 1.94. The fourth-order valence-electron chi connectivity index (χ4n) is 2.15. The number of rotatable bonds is 4. The molecule has 1 aromatic rings. The van der Waals surface area contributed by atoms with Gasteiger partial charge in [0.2, 0.25) is 0 Å². The van der Waals surface area contributed by atoms with E-state index < -0.39 is 0 Å². The first-order valence-corrected chi connectivity index (χ1v) is 6.87. The van der Waals surface area contributed by atoms with E-state index in [4.69, 9.17) is 4.74 Å². The Hall–Kier alpha value is -0.670. The van der Waals surface area contributed by atoms with Crippen LogP contribution in [0.25, 0.3) is 0 Å². The number of aryl methyl sites for hydroxylation is 1. The molecule has 2 rings (SSSR count). The number of hydrogen-bond acceptors (Lipinski definition) is 2. The summed E-state index contributed by atoms with van der Waals surface area (Å²) >= 11 is 3.45. The van der Waals surface area contributed by atoms with E-state index in [-0.39, 0.29) is 5.78 Å². The van der Waals surface area contributed by atoms with Crippen molar-refractivity contribution in [1.29, 1.82) is 0 Å². The monoisotopic (exact) mass is 296 g/mol. The normalized spacial score (nSPS) is 19.5. The van der Waals surface area contributed by atoms with E-state index in [0.29, 0.717) is 12.5 Å². The standard InChI is InChI=1S/C14H17BrO2/c1-10-4-6-12(13(15)9-10)14(16)7-5-11-3-2-8-17-11/h4,6,9,11H,2-3,5,7-8H2,1H3. The maximum absolute atomic E-state index is 12.0. The second-order valence-electron chi connectivity index (χ2n) is 4.58. The predicted molar refractivity (Wildman–Crippen MR) is 71.4 cm³/mol. The third-order valence-corrected chi connectivity index (χ3v) is 3.80. The van der Waals surface area contributed by atoms with Crippen LogP contribution in [0.2, 0.25) is 0 Å². The van der Waals surface area contributed by atoms with Crippen LogP contribution >= 0.6 is 15.9 Å². The molecule has 1 aliphatic rings. The van der Waals surface area contributed by atoms with Gasteiger partial charge in [-0.2, -0.15) is 0 Å². The van der Waals surface area contributed by atoms with Gasteiger partial charge in [0.1, 0.15) is 0 Å². The highest BCUT2D eigenvalue weighted by molar-refractivity contribution is 9.10. The van der Waals surface area contributed by atoms with Crippen molar-refractivity contribution in [3.8, 4) is 0 Å². The van der Waals surface area contributed by atoms with Gasteiger partial charge in [-0.15, -0.1) is 0 Å². The molecule has 0 bridgehead atoms. The summed E-state index contributed by atoms with van der Waals surface area (Å²) in [6.07, 6.45) is 3.95. The fourth-order valence-corrected chi connectivity index (χ4v) is 2.86. The van der Waals surface area contributed by atoms with Crippen molar-refractivity contribution in [2.75, 3.05) is 6.61 Å². The van der Waals surface area contributed by atoms with E-state index in [1.807, 2.05) is 25.1 Å². The molecule has 0 N–H and O–H groups in total. The largest absolute Gasteiger partial charge is 0.378 e. The topological polar surface area (TPSA) is 26.3 Å². The molecule has 0 spiro atoms. The number of carbonyl (C=O) groups excluding carboxylic acids is 1. The highest BCUT2D eigenvalue weighted by Gasteiger charge is 2.18. The number of ether oxygens (including phenoxy) is 1. The third-order valence-electron chi connectivity index (χ3n) is 3.14. The van der Waals surface area contributed by atoms with Crippen LogP contribution in [0.1, 0.15) is 41.6 Å². The van der Waals surface area contributed by atoms with Crippen LogP contribution < -0.4 is 0 Å². The van der Waals surface area contributed by atoms with Crippen molar-refractivity contribution >= 4 is 21.7 Å². The van der Waals surface area contributed by atoms with Gasteiger partial charge in [-0.25, -0.2) is 0 Å². The molecule has 1 saturated heterocycles. The molecule has 0 aromatic heterocycles. The Bertz CT molecular complexity index is 409. The second kappa shape index (κ2) is 5.78. The molecule has 17 heavy (non-hydrogen) atoms. The van der Waals surface area contributed by atoms with Gasteiger partial charge in [-0.3, -0.25) is 4.79 Å². The zero-order valence-corrected chi connectivity index (χ0v) is 11.6. The Morgan fingerprint density at radius 2 is 2.35 bits per heavy atom. The van der Waals surface area contributed by atoms with Crippen molar-refractivity contribution in [3.05, 3.63) is 33.8 Å². The first-order chi connectivity index (χ1) is 8.16. The lowest BCUT2D eigenvalue weighted by Crippen LogP contribution is -2.09. The maximum atomic E-state index is 12.0. The SMILES string of the molecule is Cc1ccc(C(=O)CCC2CCCO2)c(Br)c1. The van der Waals surface area contributed by atoms with Gasteiger partial charge in [-0.05, 0) is 37.8 Å². The average Bonchev–Trinajstić information content (AvgIpc) is 2.78. The van der Waals surface area contributed by atoms with Crippen molar-refractivity contribution in [2.45, 2.75) is 38.7 Å². The second-order valence-corrected chi connectivity index (χ2v) is 5.43. The first kappa shape index (κ1) is 12.8. The van der Waals surface area contributed by atoms with Gasteiger partial charge in [-0.1, -0.05) is 28.1 Å². The molecule has 0 radical (unpaired) electrons. The van der Waals surface area contributed by atoms with Crippen LogP contribution in [0, 0.1) is 6.92 Å². The zero-order valence-electron chi connectivity index (χ0n) is 10.0. The summed E-state index contributed by atoms with van der Waals surface area (Å²) in [5, 5.41) is 0. The summed E-state index contributed by atoms with van der Waals surface area (Å²) in [6, 6.07) is 5.86. The number of ketones is 1. The highest BCUT2D eigenvalue weighted by Crippen LogP contribution is 2.22. The molecule has 1 aliphatic heterocycles. The van der Waals surface area contributed by atoms with Gasteiger partial charge in [0.05, 0.1) is 6.10 Å². The molecule has 92 valence electrons. The molecular weight excluding hydrogens is 280 g/mol. The molecule has 1 atom stereocenters. The number of benzene rings is 1. The van der Waals surface area contributed by atoms with E-state index in [9.17, 15) is 4.79 Å². The molecule has 1 unspecified atom stereocenters. The number of halogens is 1. The van der Waals surface area contributed by atoms with Crippen LogP contribution in [-0.2, 0) is 4.74 Å². The summed E-state index contributed by atoms with van der Waals surface area (Å²) in [7, 11) is 0. The Labute approximate surface area is 110 Å². The third kappa shape index (κ3) is 3.39. The van der Waals surface area contributed by atoms with Gasteiger partial charge in [0.25, 0.3) is 0 Å². The molecule has 0 amide bonds. The molecule has 1 fully saturated rings. The lowest BCUT2D eigenvalue weighted by molar-refractivity contribution is 0.0859. The number of carbonyl (C=O) groups is 1. The summed E-state index contributed by atoms with van der Waals surface area (Å²) in [5.41, 5.74) is 1.95. The maximum Gasteiger partial charge on any atom is 0.164 e. The Morgan fingerprint density at radius 3 is 3.00 bits per heavy atom. The Kier molecular flexibility index (Phi) is 4.35. The lowest BCUT2D eigenvalue weighted by Gasteiger charge is -2.09. The van der Waals surface area contributed by atoms with Crippen molar-refractivity contribution in [3.63, 3.8) is 0 Å². The highest BCUT2D eigenvalue weighted by atomic mass is 79.9. The van der Waals surface area contributed by atoms with E-state index >= 15 is 0 Å². The Morgan fingerprint density at radius 1 is 1.53 bits per heavy atom. The predicted octanol–water partition coefficient (Wildman–Crippen LogP) is 3.90. The van der Waals surface area contributed by atoms with E-state index in [1.165, 1.54) is 0 Å². The van der Waals surface area contributed by atoms with Crippen LogP contribution in [0.15, 0.2) is 22.7 Å². The summed E-state index contributed by atoms with van der Waals surface area (Å²) in [6.45, 7) is 2.87. The number of hydrogen-bond donors (Lipinski definition) is 0.